The Hall–Kier alpha value is -1.88. The third-order valence-corrected chi connectivity index (χ3v) is 5.25. The zero-order valence-corrected chi connectivity index (χ0v) is 15.3. The number of rotatable bonds is 4. The molecule has 0 bridgehead atoms. The van der Waals surface area contributed by atoms with Crippen LogP contribution in [-0.2, 0) is 16.0 Å². The lowest BCUT2D eigenvalue weighted by Gasteiger charge is -2.35. The minimum atomic E-state index is 0.0428. The summed E-state index contributed by atoms with van der Waals surface area (Å²) in [6, 6.07) is 8.56. The van der Waals surface area contributed by atoms with Crippen molar-refractivity contribution in [3.05, 3.63) is 35.4 Å². The van der Waals surface area contributed by atoms with E-state index in [2.05, 4.69) is 28.4 Å². The highest BCUT2D eigenvalue weighted by atomic mass is 16.2. The van der Waals surface area contributed by atoms with Crippen molar-refractivity contribution < 1.29 is 9.59 Å². The van der Waals surface area contributed by atoms with Gasteiger partial charge in [-0.3, -0.25) is 14.5 Å². The van der Waals surface area contributed by atoms with Crippen molar-refractivity contribution in [2.24, 2.45) is 5.92 Å². The summed E-state index contributed by atoms with van der Waals surface area (Å²) in [5.74, 6) is 0.342. The highest BCUT2D eigenvalue weighted by Gasteiger charge is 2.25. The van der Waals surface area contributed by atoms with Gasteiger partial charge in [0.05, 0.1) is 12.6 Å². The fraction of sp³-hybridized carbons (Fsp3) is 0.600. The summed E-state index contributed by atoms with van der Waals surface area (Å²) in [6.07, 6.45) is 3.24. The first-order valence-electron chi connectivity index (χ1n) is 9.43. The van der Waals surface area contributed by atoms with Gasteiger partial charge in [0.2, 0.25) is 11.8 Å². The molecule has 25 heavy (non-hydrogen) atoms. The van der Waals surface area contributed by atoms with E-state index in [4.69, 9.17) is 0 Å². The maximum atomic E-state index is 12.5. The summed E-state index contributed by atoms with van der Waals surface area (Å²) < 4.78 is 0. The van der Waals surface area contributed by atoms with Gasteiger partial charge in [0.15, 0.2) is 0 Å². The van der Waals surface area contributed by atoms with E-state index in [-0.39, 0.29) is 23.8 Å². The molecule has 5 heteroatoms. The number of hydrogen-bond acceptors (Lipinski definition) is 3. The highest BCUT2D eigenvalue weighted by molar-refractivity contribution is 5.79. The fourth-order valence-corrected chi connectivity index (χ4v) is 3.84. The predicted octanol–water partition coefficient (Wildman–Crippen LogP) is 1.98. The van der Waals surface area contributed by atoms with E-state index in [0.717, 1.165) is 45.4 Å². The van der Waals surface area contributed by atoms with Gasteiger partial charge in [-0.15, -0.1) is 0 Å². The first kappa shape index (κ1) is 17.9. The summed E-state index contributed by atoms with van der Waals surface area (Å²) in [5, 5.41) is 3.21. The molecule has 1 heterocycles. The zero-order valence-electron chi connectivity index (χ0n) is 15.3. The van der Waals surface area contributed by atoms with Crippen molar-refractivity contribution in [1.29, 1.82) is 0 Å². The monoisotopic (exact) mass is 343 g/mol. The molecule has 1 aromatic rings. The lowest BCUT2D eigenvalue weighted by Crippen LogP contribution is -2.52. The summed E-state index contributed by atoms with van der Waals surface area (Å²) in [4.78, 5) is 28.6. The van der Waals surface area contributed by atoms with Crippen molar-refractivity contribution in [3.63, 3.8) is 0 Å². The number of nitrogens with zero attached hydrogens (tertiary/aromatic N) is 2. The van der Waals surface area contributed by atoms with Crippen LogP contribution in [0, 0.1) is 5.92 Å². The van der Waals surface area contributed by atoms with Gasteiger partial charge in [-0.25, -0.2) is 0 Å². The molecule has 1 unspecified atom stereocenters. The van der Waals surface area contributed by atoms with Gasteiger partial charge >= 0.3 is 0 Å². The molecule has 2 aliphatic rings. The molecule has 1 aromatic carbocycles. The van der Waals surface area contributed by atoms with Gasteiger partial charge in [-0.1, -0.05) is 38.1 Å². The van der Waals surface area contributed by atoms with Crippen molar-refractivity contribution in [1.82, 2.24) is 15.1 Å². The van der Waals surface area contributed by atoms with Crippen molar-refractivity contribution in [2.75, 3.05) is 32.7 Å². The van der Waals surface area contributed by atoms with Gasteiger partial charge in [0, 0.05) is 32.1 Å². The third-order valence-electron chi connectivity index (χ3n) is 5.25. The van der Waals surface area contributed by atoms with E-state index in [1.165, 1.54) is 11.1 Å². The topological polar surface area (TPSA) is 52.7 Å². The third kappa shape index (κ3) is 4.40. The molecule has 1 fully saturated rings. The number of hydrogen-bond donors (Lipinski definition) is 1. The predicted molar refractivity (Wildman–Crippen MR) is 98.1 cm³/mol. The first-order chi connectivity index (χ1) is 12.0. The number of amides is 2. The van der Waals surface area contributed by atoms with E-state index < -0.39 is 0 Å². The van der Waals surface area contributed by atoms with Crippen LogP contribution >= 0.6 is 0 Å². The molecular weight excluding hydrogens is 314 g/mol. The van der Waals surface area contributed by atoms with Gasteiger partial charge in [0.25, 0.3) is 0 Å². The molecule has 1 saturated heterocycles. The van der Waals surface area contributed by atoms with Crippen LogP contribution in [0.2, 0.25) is 0 Å². The minimum absolute atomic E-state index is 0.0428. The van der Waals surface area contributed by atoms with Crippen molar-refractivity contribution >= 4 is 11.8 Å². The SMILES string of the molecule is CC(C)C(=O)N1CCN(CC(=O)NC2CCCc3ccccc32)CC1. The largest absolute Gasteiger partial charge is 0.348 e. The lowest BCUT2D eigenvalue weighted by molar-refractivity contribution is -0.136. The van der Waals surface area contributed by atoms with E-state index in [1.807, 2.05) is 24.8 Å². The van der Waals surface area contributed by atoms with Crippen LogP contribution < -0.4 is 5.32 Å². The van der Waals surface area contributed by atoms with Gasteiger partial charge in [-0.05, 0) is 30.4 Å². The minimum Gasteiger partial charge on any atom is -0.348 e. The van der Waals surface area contributed by atoms with Gasteiger partial charge in [0.1, 0.15) is 0 Å². The second-order valence-corrected chi connectivity index (χ2v) is 7.47. The molecule has 3 rings (SSSR count). The summed E-state index contributed by atoms with van der Waals surface area (Å²) >= 11 is 0. The van der Waals surface area contributed by atoms with Crippen LogP contribution in [-0.4, -0.2) is 54.3 Å². The molecule has 1 atom stereocenters. The lowest BCUT2D eigenvalue weighted by atomic mass is 9.88. The number of benzene rings is 1. The summed E-state index contributed by atoms with van der Waals surface area (Å²) in [7, 11) is 0. The van der Waals surface area contributed by atoms with Crippen LogP contribution in [0.3, 0.4) is 0 Å². The fourth-order valence-electron chi connectivity index (χ4n) is 3.84. The van der Waals surface area contributed by atoms with Crippen LogP contribution in [0.4, 0.5) is 0 Å². The molecule has 1 N–H and O–H groups in total. The maximum absolute atomic E-state index is 12.5. The standard InChI is InChI=1S/C20H29N3O2/c1-15(2)20(25)23-12-10-22(11-13-23)14-19(24)21-18-9-5-7-16-6-3-4-8-17(16)18/h3-4,6,8,15,18H,5,7,9-14H2,1-2H3,(H,21,24). The molecule has 0 aromatic heterocycles. The molecule has 0 spiro atoms. The molecular formula is C20H29N3O2. The zero-order chi connectivity index (χ0) is 17.8. The molecule has 1 aliphatic heterocycles. The van der Waals surface area contributed by atoms with Crippen molar-refractivity contribution in [2.45, 2.75) is 39.2 Å². The Morgan fingerprint density at radius 3 is 2.60 bits per heavy atom. The van der Waals surface area contributed by atoms with Crippen molar-refractivity contribution in [3.8, 4) is 0 Å². The highest BCUT2D eigenvalue weighted by Crippen LogP contribution is 2.29. The molecule has 136 valence electrons. The van der Waals surface area contributed by atoms with Gasteiger partial charge < -0.3 is 10.2 Å². The normalized spacial score (nSPS) is 21.1. The maximum Gasteiger partial charge on any atom is 0.234 e. The second kappa shape index (κ2) is 8.00. The number of piperazine rings is 1. The van der Waals surface area contributed by atoms with E-state index in [1.54, 1.807) is 0 Å². The van der Waals surface area contributed by atoms with Crippen LogP contribution in [0.1, 0.15) is 43.9 Å². The number of nitrogens with one attached hydrogen (secondary N) is 1. The quantitative estimate of drug-likeness (QED) is 0.909. The van der Waals surface area contributed by atoms with E-state index >= 15 is 0 Å². The summed E-state index contributed by atoms with van der Waals surface area (Å²) in [6.45, 7) is 7.27. The number of carbonyl (C=O) groups is 2. The number of aryl methyl sites for hydroxylation is 1. The molecule has 0 radical (unpaired) electrons. The van der Waals surface area contributed by atoms with Crippen LogP contribution in [0.5, 0.6) is 0 Å². The average molecular weight is 343 g/mol. The van der Waals surface area contributed by atoms with Crippen LogP contribution in [0.15, 0.2) is 24.3 Å². The Morgan fingerprint density at radius 1 is 1.16 bits per heavy atom. The number of carbonyl (C=O) groups excluding carboxylic acids is 2. The summed E-state index contributed by atoms with van der Waals surface area (Å²) in [5.41, 5.74) is 2.63. The van der Waals surface area contributed by atoms with E-state index in [9.17, 15) is 9.59 Å². The smallest absolute Gasteiger partial charge is 0.234 e. The van der Waals surface area contributed by atoms with Crippen LogP contribution in [0.25, 0.3) is 0 Å². The Labute approximate surface area is 150 Å². The first-order valence-corrected chi connectivity index (χ1v) is 9.43. The molecule has 0 saturated carbocycles. The average Bonchev–Trinajstić information content (AvgIpc) is 2.62. The Morgan fingerprint density at radius 2 is 1.88 bits per heavy atom. The second-order valence-electron chi connectivity index (χ2n) is 7.47. The molecule has 2 amide bonds. The molecule has 5 nitrogen and oxygen atoms in total. The number of fused-ring (bicyclic) bond motifs is 1. The molecule has 1 aliphatic carbocycles. The Kier molecular flexibility index (Phi) is 5.74. The Bertz CT molecular complexity index is 621. The van der Waals surface area contributed by atoms with E-state index in [0.29, 0.717) is 6.54 Å². The van der Waals surface area contributed by atoms with Gasteiger partial charge in [-0.2, -0.15) is 0 Å². The Balaban J connectivity index is 1.49.